The molecule has 9 nitrogen and oxygen atoms in total. The summed E-state index contributed by atoms with van der Waals surface area (Å²) in [6.07, 6.45) is -0.0873. The van der Waals surface area contributed by atoms with Gasteiger partial charge in [-0.25, -0.2) is 4.79 Å². The summed E-state index contributed by atoms with van der Waals surface area (Å²) in [6, 6.07) is 5.82. The predicted octanol–water partition coefficient (Wildman–Crippen LogP) is 1.49. The number of anilines is 1. The molecule has 1 N–H and O–H groups in total. The lowest BCUT2D eigenvalue weighted by molar-refractivity contribution is -0.384. The average Bonchev–Trinajstić information content (AvgIpc) is 2.54. The maximum Gasteiger partial charge on any atom is 0.354 e. The van der Waals surface area contributed by atoms with Crippen molar-refractivity contribution >= 4 is 29.0 Å². The van der Waals surface area contributed by atoms with Crippen molar-refractivity contribution in [2.75, 3.05) is 19.6 Å². The zero-order valence-electron chi connectivity index (χ0n) is 12.1. The van der Waals surface area contributed by atoms with E-state index in [1.807, 2.05) is 0 Å². The first-order valence-electron chi connectivity index (χ1n) is 6.20. The predicted molar refractivity (Wildman–Crippen MR) is 77.4 cm³/mol. The van der Waals surface area contributed by atoms with Crippen LogP contribution in [0.15, 0.2) is 29.4 Å². The van der Waals surface area contributed by atoms with Crippen molar-refractivity contribution in [3.63, 3.8) is 0 Å². The lowest BCUT2D eigenvalue weighted by Gasteiger charge is -2.06. The zero-order valence-corrected chi connectivity index (χ0v) is 12.1. The highest BCUT2D eigenvalue weighted by Crippen LogP contribution is 2.23. The van der Waals surface area contributed by atoms with Crippen LogP contribution in [0.4, 0.5) is 11.4 Å². The molecule has 1 rings (SSSR count). The molecule has 0 saturated heterocycles. The maximum atomic E-state index is 11.6. The van der Waals surface area contributed by atoms with Crippen LogP contribution in [-0.2, 0) is 19.1 Å². The Morgan fingerprint density at radius 3 is 2.50 bits per heavy atom. The van der Waals surface area contributed by atoms with Crippen molar-refractivity contribution in [2.24, 2.45) is 5.10 Å². The van der Waals surface area contributed by atoms with Gasteiger partial charge >= 0.3 is 11.9 Å². The largest absolute Gasteiger partial charge is 0.469 e. The molecule has 0 aliphatic carbocycles. The summed E-state index contributed by atoms with van der Waals surface area (Å²) in [5.74, 6) is -1.25. The van der Waals surface area contributed by atoms with Gasteiger partial charge in [0.15, 0.2) is 0 Å². The number of nitro benzene ring substituents is 1. The fourth-order valence-corrected chi connectivity index (χ4v) is 1.50. The number of esters is 2. The van der Waals surface area contributed by atoms with E-state index >= 15 is 0 Å². The number of para-hydroxylation sites is 2. The Bertz CT molecular complexity index is 599. The van der Waals surface area contributed by atoms with Crippen LogP contribution in [0.1, 0.15) is 12.8 Å². The van der Waals surface area contributed by atoms with Gasteiger partial charge in [-0.2, -0.15) is 5.10 Å². The van der Waals surface area contributed by atoms with Gasteiger partial charge in [0.1, 0.15) is 11.4 Å². The van der Waals surface area contributed by atoms with Crippen LogP contribution < -0.4 is 5.43 Å². The second kappa shape index (κ2) is 8.35. The van der Waals surface area contributed by atoms with E-state index in [1.54, 1.807) is 6.07 Å². The smallest absolute Gasteiger partial charge is 0.354 e. The number of methoxy groups -OCH3 is 2. The Balaban J connectivity index is 2.91. The van der Waals surface area contributed by atoms with Gasteiger partial charge in [0.2, 0.25) is 0 Å². The quantitative estimate of drug-likeness (QED) is 0.350. The number of hydrogen-bond donors (Lipinski definition) is 1. The molecule has 22 heavy (non-hydrogen) atoms. The molecule has 0 radical (unpaired) electrons. The number of hydrazone groups is 1. The summed E-state index contributed by atoms with van der Waals surface area (Å²) in [5.41, 5.74) is 2.29. The Labute approximate surface area is 126 Å². The van der Waals surface area contributed by atoms with Crippen LogP contribution in [0.3, 0.4) is 0 Å². The first-order chi connectivity index (χ1) is 10.5. The Morgan fingerprint density at radius 1 is 1.23 bits per heavy atom. The Kier molecular flexibility index (Phi) is 6.48. The van der Waals surface area contributed by atoms with Crippen LogP contribution in [0, 0.1) is 10.1 Å². The van der Waals surface area contributed by atoms with Gasteiger partial charge in [0.25, 0.3) is 5.69 Å². The van der Waals surface area contributed by atoms with Crippen LogP contribution in [0.5, 0.6) is 0 Å². The monoisotopic (exact) mass is 309 g/mol. The molecule has 1 aromatic rings. The van der Waals surface area contributed by atoms with E-state index in [0.29, 0.717) is 0 Å². The minimum Gasteiger partial charge on any atom is -0.469 e. The molecule has 0 bridgehead atoms. The van der Waals surface area contributed by atoms with E-state index in [2.05, 4.69) is 20.0 Å². The third-order valence-electron chi connectivity index (χ3n) is 2.63. The first kappa shape index (κ1) is 17.1. The molecule has 0 atom stereocenters. The number of hydrogen-bond acceptors (Lipinski definition) is 8. The van der Waals surface area contributed by atoms with Crippen molar-refractivity contribution in [3.8, 4) is 0 Å². The minimum absolute atomic E-state index is 0.0209. The molecule has 0 fully saturated rings. The van der Waals surface area contributed by atoms with E-state index in [-0.39, 0.29) is 29.9 Å². The molecule has 0 spiro atoms. The molecule has 118 valence electrons. The highest BCUT2D eigenvalue weighted by Gasteiger charge is 2.16. The van der Waals surface area contributed by atoms with E-state index in [1.165, 1.54) is 32.4 Å². The van der Waals surface area contributed by atoms with Crippen molar-refractivity contribution in [2.45, 2.75) is 12.8 Å². The number of carbonyl (C=O) groups excluding carboxylic acids is 2. The molecule has 0 aliphatic rings. The number of rotatable bonds is 7. The van der Waals surface area contributed by atoms with E-state index in [0.717, 1.165) is 0 Å². The van der Waals surface area contributed by atoms with Crippen LogP contribution in [0.25, 0.3) is 0 Å². The number of carbonyl (C=O) groups is 2. The topological polar surface area (TPSA) is 120 Å². The molecular weight excluding hydrogens is 294 g/mol. The zero-order chi connectivity index (χ0) is 16.5. The fraction of sp³-hybridized carbons (Fsp3) is 0.308. The number of nitrogens with one attached hydrogen (secondary N) is 1. The van der Waals surface area contributed by atoms with E-state index < -0.39 is 16.9 Å². The second-order valence-corrected chi connectivity index (χ2v) is 4.01. The SMILES string of the molecule is COC(=O)CC/C(=N\Nc1ccccc1[N+](=O)[O-])C(=O)OC. The molecule has 0 unspecified atom stereocenters. The summed E-state index contributed by atoms with van der Waals surface area (Å²) < 4.78 is 9.02. The van der Waals surface area contributed by atoms with Gasteiger partial charge in [-0.05, 0) is 6.07 Å². The molecule has 0 heterocycles. The fourth-order valence-electron chi connectivity index (χ4n) is 1.50. The van der Waals surface area contributed by atoms with Crippen LogP contribution in [-0.4, -0.2) is 36.8 Å². The standard InChI is InChI=1S/C13H15N3O6/c1-21-12(17)8-7-10(13(18)22-2)15-14-9-5-3-4-6-11(9)16(19)20/h3-6,14H,7-8H2,1-2H3/b15-10+. The summed E-state index contributed by atoms with van der Waals surface area (Å²) in [6.45, 7) is 0. The molecular formula is C13H15N3O6. The van der Waals surface area contributed by atoms with Crippen molar-refractivity contribution in [3.05, 3.63) is 34.4 Å². The minimum atomic E-state index is -0.741. The molecule has 0 saturated carbocycles. The summed E-state index contributed by atoms with van der Waals surface area (Å²) in [5, 5.41) is 14.7. The number of benzene rings is 1. The molecule has 0 amide bonds. The molecule has 9 heteroatoms. The van der Waals surface area contributed by atoms with Crippen molar-refractivity contribution in [1.82, 2.24) is 0 Å². The Hall–Kier alpha value is -2.97. The summed E-state index contributed by atoms with van der Waals surface area (Å²) >= 11 is 0. The van der Waals surface area contributed by atoms with Gasteiger partial charge in [-0.3, -0.25) is 20.3 Å². The van der Waals surface area contributed by atoms with Gasteiger partial charge in [-0.15, -0.1) is 0 Å². The van der Waals surface area contributed by atoms with Gasteiger partial charge in [0.05, 0.1) is 25.6 Å². The highest BCUT2D eigenvalue weighted by atomic mass is 16.6. The van der Waals surface area contributed by atoms with Crippen molar-refractivity contribution < 1.29 is 24.0 Å². The lowest BCUT2D eigenvalue weighted by Crippen LogP contribution is -2.19. The number of nitro groups is 1. The van der Waals surface area contributed by atoms with E-state index in [9.17, 15) is 19.7 Å². The molecule has 1 aromatic carbocycles. The summed E-state index contributed by atoms with van der Waals surface area (Å²) in [4.78, 5) is 33.0. The maximum absolute atomic E-state index is 11.6. The van der Waals surface area contributed by atoms with Gasteiger partial charge < -0.3 is 9.47 Å². The third-order valence-corrected chi connectivity index (χ3v) is 2.63. The Morgan fingerprint density at radius 2 is 1.91 bits per heavy atom. The lowest BCUT2D eigenvalue weighted by atomic mass is 10.2. The van der Waals surface area contributed by atoms with Gasteiger partial charge in [0, 0.05) is 12.5 Å². The van der Waals surface area contributed by atoms with Crippen molar-refractivity contribution in [1.29, 1.82) is 0 Å². The van der Waals surface area contributed by atoms with E-state index in [4.69, 9.17) is 0 Å². The van der Waals surface area contributed by atoms with Gasteiger partial charge in [-0.1, -0.05) is 12.1 Å². The molecule has 0 aliphatic heterocycles. The summed E-state index contributed by atoms with van der Waals surface area (Å²) in [7, 11) is 2.39. The average molecular weight is 309 g/mol. The normalized spacial score (nSPS) is 10.7. The highest BCUT2D eigenvalue weighted by molar-refractivity contribution is 6.36. The third kappa shape index (κ3) is 4.85. The second-order valence-electron chi connectivity index (χ2n) is 4.01. The van der Waals surface area contributed by atoms with Crippen LogP contribution in [0.2, 0.25) is 0 Å². The number of nitrogens with zero attached hydrogens (tertiary/aromatic N) is 2. The van der Waals surface area contributed by atoms with Crippen LogP contribution >= 0.6 is 0 Å². The first-order valence-corrected chi connectivity index (χ1v) is 6.20. The number of ether oxygens (including phenoxy) is 2. The molecule has 0 aromatic heterocycles.